The average molecular weight is 452 g/mol. The van der Waals surface area contributed by atoms with Gasteiger partial charge in [-0.05, 0) is 48.9 Å². The molecule has 30 heavy (non-hydrogen) atoms. The minimum Gasteiger partial charge on any atom is -0.494 e. The Morgan fingerprint density at radius 1 is 1.10 bits per heavy atom. The molecule has 1 amide bonds. The third-order valence-corrected chi connectivity index (χ3v) is 7.00. The molecular weight excluding hydrogens is 426 g/mol. The Kier molecular flexibility index (Phi) is 7.71. The number of carbonyl (C=O) groups excluding carboxylic acids is 1. The van der Waals surface area contributed by atoms with Crippen LogP contribution in [0.5, 0.6) is 5.75 Å². The first-order chi connectivity index (χ1) is 14.4. The molecule has 0 aliphatic carbocycles. The lowest BCUT2D eigenvalue weighted by atomic mass is 10.2. The Morgan fingerprint density at radius 2 is 1.80 bits per heavy atom. The van der Waals surface area contributed by atoms with E-state index in [1.165, 1.54) is 4.31 Å². The van der Waals surface area contributed by atoms with Crippen molar-refractivity contribution in [2.45, 2.75) is 18.4 Å². The van der Waals surface area contributed by atoms with Crippen molar-refractivity contribution in [1.82, 2.24) is 14.5 Å². The summed E-state index contributed by atoms with van der Waals surface area (Å²) in [6.07, 6.45) is 0. The molecule has 0 aromatic heterocycles. The molecule has 1 saturated heterocycles. The quantitative estimate of drug-likeness (QED) is 0.666. The predicted molar refractivity (Wildman–Crippen MR) is 116 cm³/mol. The van der Waals surface area contributed by atoms with Crippen molar-refractivity contribution in [3.63, 3.8) is 0 Å². The monoisotopic (exact) mass is 451 g/mol. The Bertz CT molecular complexity index is 958. The topological polar surface area (TPSA) is 79.0 Å². The van der Waals surface area contributed by atoms with Crippen LogP contribution in [0.1, 0.15) is 12.5 Å². The number of rotatable bonds is 8. The summed E-state index contributed by atoms with van der Waals surface area (Å²) in [5, 5.41) is 3.50. The summed E-state index contributed by atoms with van der Waals surface area (Å²) < 4.78 is 32.5. The number of ether oxygens (including phenoxy) is 1. The van der Waals surface area contributed by atoms with Gasteiger partial charge < -0.3 is 10.1 Å². The van der Waals surface area contributed by atoms with Crippen LogP contribution in [0.2, 0.25) is 5.02 Å². The Labute approximate surface area is 182 Å². The minimum atomic E-state index is -3.56. The van der Waals surface area contributed by atoms with Crippen molar-refractivity contribution < 1.29 is 17.9 Å². The van der Waals surface area contributed by atoms with E-state index in [1.54, 1.807) is 30.3 Å². The smallest absolute Gasteiger partial charge is 0.243 e. The van der Waals surface area contributed by atoms with Crippen molar-refractivity contribution in [2.75, 3.05) is 39.3 Å². The highest BCUT2D eigenvalue weighted by Gasteiger charge is 2.29. The molecule has 0 saturated carbocycles. The second-order valence-corrected chi connectivity index (χ2v) is 9.37. The van der Waals surface area contributed by atoms with Crippen molar-refractivity contribution in [3.8, 4) is 5.75 Å². The van der Waals surface area contributed by atoms with Gasteiger partial charge in [0.2, 0.25) is 15.9 Å². The minimum absolute atomic E-state index is 0.0993. The summed E-state index contributed by atoms with van der Waals surface area (Å²) >= 11 is 5.95. The van der Waals surface area contributed by atoms with Crippen molar-refractivity contribution >= 4 is 27.5 Å². The van der Waals surface area contributed by atoms with Gasteiger partial charge in [-0.1, -0.05) is 23.7 Å². The van der Waals surface area contributed by atoms with Crippen LogP contribution in [-0.2, 0) is 21.4 Å². The van der Waals surface area contributed by atoms with Crippen LogP contribution in [-0.4, -0.2) is 62.9 Å². The van der Waals surface area contributed by atoms with Crippen LogP contribution in [0.15, 0.2) is 53.4 Å². The molecule has 7 nitrogen and oxygen atoms in total. The van der Waals surface area contributed by atoms with Gasteiger partial charge in [-0.25, -0.2) is 8.42 Å². The van der Waals surface area contributed by atoms with E-state index < -0.39 is 10.0 Å². The van der Waals surface area contributed by atoms with Gasteiger partial charge in [0.15, 0.2) is 0 Å². The number of benzene rings is 2. The van der Waals surface area contributed by atoms with Gasteiger partial charge in [-0.2, -0.15) is 4.31 Å². The van der Waals surface area contributed by atoms with Crippen molar-refractivity contribution in [1.29, 1.82) is 0 Å². The van der Waals surface area contributed by atoms with E-state index in [2.05, 4.69) is 5.32 Å². The summed E-state index contributed by atoms with van der Waals surface area (Å²) in [5.74, 6) is 0.544. The maximum atomic E-state index is 12.8. The number of amides is 1. The van der Waals surface area contributed by atoms with E-state index in [0.717, 1.165) is 5.56 Å². The Hall–Kier alpha value is -2.13. The van der Waals surface area contributed by atoms with E-state index in [0.29, 0.717) is 50.1 Å². The molecule has 0 unspecified atom stereocenters. The van der Waals surface area contributed by atoms with Gasteiger partial charge in [0.05, 0.1) is 18.0 Å². The van der Waals surface area contributed by atoms with E-state index in [4.69, 9.17) is 16.3 Å². The SMILES string of the molecule is CCOc1ccc(S(=O)(=O)N2CCN(CC(=O)NCc3cccc(Cl)c3)CC2)cc1. The molecule has 1 aliphatic heterocycles. The number of nitrogens with one attached hydrogen (secondary N) is 1. The van der Waals surface area contributed by atoms with Gasteiger partial charge in [-0.3, -0.25) is 9.69 Å². The normalized spacial score (nSPS) is 15.7. The zero-order chi connectivity index (χ0) is 21.6. The first-order valence-electron chi connectivity index (χ1n) is 9.85. The molecule has 0 spiro atoms. The number of carbonyl (C=O) groups is 1. The average Bonchev–Trinajstić information content (AvgIpc) is 2.73. The molecule has 1 heterocycles. The highest BCUT2D eigenvalue weighted by Crippen LogP contribution is 2.21. The van der Waals surface area contributed by atoms with Gasteiger partial charge in [-0.15, -0.1) is 0 Å². The lowest BCUT2D eigenvalue weighted by Gasteiger charge is -2.33. The standard InChI is InChI=1S/C21H26ClN3O4S/c1-2-29-19-6-8-20(9-7-19)30(27,28)25-12-10-24(11-13-25)16-21(26)23-15-17-4-3-5-18(22)14-17/h3-9,14H,2,10-13,15-16H2,1H3,(H,23,26). The second kappa shape index (κ2) is 10.3. The fourth-order valence-electron chi connectivity index (χ4n) is 3.26. The summed E-state index contributed by atoms with van der Waals surface area (Å²) in [4.78, 5) is 14.4. The fraction of sp³-hybridized carbons (Fsp3) is 0.381. The lowest BCUT2D eigenvalue weighted by Crippen LogP contribution is -2.50. The second-order valence-electron chi connectivity index (χ2n) is 6.99. The van der Waals surface area contributed by atoms with Crippen LogP contribution in [0.25, 0.3) is 0 Å². The third-order valence-electron chi connectivity index (χ3n) is 4.85. The van der Waals surface area contributed by atoms with Crippen LogP contribution in [0, 0.1) is 0 Å². The summed E-state index contributed by atoms with van der Waals surface area (Å²) in [6, 6.07) is 13.8. The van der Waals surface area contributed by atoms with Crippen LogP contribution < -0.4 is 10.1 Å². The number of sulfonamides is 1. The maximum absolute atomic E-state index is 12.8. The maximum Gasteiger partial charge on any atom is 0.243 e. The zero-order valence-corrected chi connectivity index (χ0v) is 18.5. The van der Waals surface area contributed by atoms with Crippen molar-refractivity contribution in [3.05, 3.63) is 59.1 Å². The van der Waals surface area contributed by atoms with Crippen LogP contribution >= 0.6 is 11.6 Å². The van der Waals surface area contributed by atoms with Gasteiger partial charge in [0.25, 0.3) is 0 Å². The first-order valence-corrected chi connectivity index (χ1v) is 11.7. The Morgan fingerprint density at radius 3 is 2.43 bits per heavy atom. The highest BCUT2D eigenvalue weighted by atomic mass is 35.5. The number of halogens is 1. The van der Waals surface area contributed by atoms with E-state index >= 15 is 0 Å². The van der Waals surface area contributed by atoms with Gasteiger partial charge in [0, 0.05) is 37.7 Å². The molecule has 1 N–H and O–H groups in total. The lowest BCUT2D eigenvalue weighted by molar-refractivity contribution is -0.122. The molecule has 1 aliphatic rings. The van der Waals surface area contributed by atoms with Crippen LogP contribution in [0.4, 0.5) is 0 Å². The van der Waals surface area contributed by atoms with E-state index in [9.17, 15) is 13.2 Å². The summed E-state index contributed by atoms with van der Waals surface area (Å²) in [6.45, 7) is 4.74. The molecule has 2 aromatic carbocycles. The summed E-state index contributed by atoms with van der Waals surface area (Å²) in [5.41, 5.74) is 0.933. The molecule has 0 radical (unpaired) electrons. The number of nitrogens with zero attached hydrogens (tertiary/aromatic N) is 2. The van der Waals surface area contributed by atoms with E-state index in [1.807, 2.05) is 30.0 Å². The van der Waals surface area contributed by atoms with Gasteiger partial charge >= 0.3 is 0 Å². The van der Waals surface area contributed by atoms with E-state index in [-0.39, 0.29) is 17.3 Å². The van der Waals surface area contributed by atoms with Crippen molar-refractivity contribution in [2.24, 2.45) is 0 Å². The molecule has 9 heteroatoms. The predicted octanol–water partition coefficient (Wildman–Crippen LogP) is 2.36. The first kappa shape index (κ1) is 22.6. The number of hydrogen-bond acceptors (Lipinski definition) is 5. The van der Waals surface area contributed by atoms with Crippen LogP contribution in [0.3, 0.4) is 0 Å². The summed E-state index contributed by atoms with van der Waals surface area (Å²) in [7, 11) is -3.56. The molecule has 0 bridgehead atoms. The Balaban J connectivity index is 1.48. The molecule has 3 rings (SSSR count). The van der Waals surface area contributed by atoms with Gasteiger partial charge in [0.1, 0.15) is 5.75 Å². The molecular formula is C21H26ClN3O4S. The fourth-order valence-corrected chi connectivity index (χ4v) is 4.89. The number of hydrogen-bond donors (Lipinski definition) is 1. The number of piperazine rings is 1. The molecule has 1 fully saturated rings. The molecule has 162 valence electrons. The molecule has 2 aromatic rings. The third kappa shape index (κ3) is 5.95. The largest absolute Gasteiger partial charge is 0.494 e. The molecule has 0 atom stereocenters. The highest BCUT2D eigenvalue weighted by molar-refractivity contribution is 7.89. The zero-order valence-electron chi connectivity index (χ0n) is 16.9.